The van der Waals surface area contributed by atoms with Crippen molar-refractivity contribution in [2.75, 3.05) is 9.80 Å². The zero-order valence-electron chi connectivity index (χ0n) is 39.4. The second kappa shape index (κ2) is 16.1. The predicted octanol–water partition coefficient (Wildman–Crippen LogP) is 14.9. The molecule has 0 saturated carbocycles. The first-order chi connectivity index (χ1) is 31.2. The van der Waals surface area contributed by atoms with Gasteiger partial charge < -0.3 is 19.1 Å². The first-order valence-corrected chi connectivity index (χ1v) is 20.6. The van der Waals surface area contributed by atoms with Crippen molar-refractivity contribution in [3.8, 4) is 39.6 Å². The van der Waals surface area contributed by atoms with E-state index in [9.17, 15) is 0 Å². The third kappa shape index (κ3) is 7.49. The Labute approximate surface area is 385 Å². The third-order valence-corrected chi connectivity index (χ3v) is 11.4. The van der Waals surface area contributed by atoms with E-state index in [0.29, 0.717) is 39.1 Å². The van der Waals surface area contributed by atoms with Gasteiger partial charge in [0.1, 0.15) is 5.82 Å². The van der Waals surface area contributed by atoms with E-state index in [4.69, 9.17) is 15.2 Å². The number of hydrogen-bond donors (Lipinski definition) is 0. The van der Waals surface area contributed by atoms with Crippen molar-refractivity contribution in [1.29, 1.82) is 0 Å². The van der Waals surface area contributed by atoms with Crippen molar-refractivity contribution in [3.05, 3.63) is 200 Å². The van der Waals surface area contributed by atoms with Crippen LogP contribution in [0.3, 0.4) is 0 Å². The molecule has 0 atom stereocenters. The molecular weight excluding hydrogens is 940 g/mol. The van der Waals surface area contributed by atoms with Gasteiger partial charge in [0.15, 0.2) is 0 Å². The van der Waals surface area contributed by atoms with Gasteiger partial charge in [-0.2, -0.15) is 12.1 Å². The number of anilines is 4. The Morgan fingerprint density at radius 1 is 0.597 bits per heavy atom. The largest absolute Gasteiger partial charge is 0.509 e. The van der Waals surface area contributed by atoms with Gasteiger partial charge in [0.2, 0.25) is 0 Å². The number of ether oxygens (including phenoxy) is 1. The van der Waals surface area contributed by atoms with Crippen LogP contribution in [0.1, 0.15) is 58.2 Å². The smallest absolute Gasteiger partial charge is 0.135 e. The van der Waals surface area contributed by atoms with E-state index in [-0.39, 0.29) is 56.1 Å². The Morgan fingerprint density at radius 2 is 1.24 bits per heavy atom. The summed E-state index contributed by atoms with van der Waals surface area (Å²) in [4.78, 5) is 9.15. The minimum absolute atomic E-state index is 0. The van der Waals surface area contributed by atoms with Crippen LogP contribution in [0.25, 0.3) is 49.9 Å². The average Bonchev–Trinajstić information content (AvgIpc) is 3.86. The van der Waals surface area contributed by atoms with Gasteiger partial charge in [-0.3, -0.25) is 0 Å². The fourth-order valence-electron chi connectivity index (χ4n) is 8.19. The van der Waals surface area contributed by atoms with Crippen LogP contribution in [-0.4, -0.2) is 9.55 Å². The number of rotatable bonds is 7. The SMILES string of the molecule is [2H]c1c([2H])c([2H])c2c(c1[2H])c1ccc(Oc3[c-]c(N4[CH-]N(c5c(-c6ccccc6)cccc5-c5cccc(C(C)(C)C)c5)c5ccccc54)ccc3)[c-]c1n2-c1cc(C(C)(C)C)ccn1.[Pt]. The minimum atomic E-state index is -0.310. The van der Waals surface area contributed by atoms with Crippen LogP contribution in [0, 0.1) is 18.8 Å². The van der Waals surface area contributed by atoms with E-state index in [1.807, 2.05) is 48.5 Å². The maximum absolute atomic E-state index is 9.03. The van der Waals surface area contributed by atoms with E-state index in [2.05, 4.69) is 155 Å². The molecule has 10 rings (SSSR count). The van der Waals surface area contributed by atoms with Crippen molar-refractivity contribution in [2.45, 2.75) is 52.4 Å². The van der Waals surface area contributed by atoms with E-state index in [1.165, 1.54) is 5.56 Å². The van der Waals surface area contributed by atoms with Crippen LogP contribution >= 0.6 is 0 Å². The van der Waals surface area contributed by atoms with Crippen molar-refractivity contribution < 1.29 is 31.3 Å². The molecule has 9 aromatic rings. The maximum atomic E-state index is 9.03. The van der Waals surface area contributed by atoms with Crippen LogP contribution in [0.2, 0.25) is 0 Å². The number of pyridine rings is 1. The van der Waals surface area contributed by atoms with Gasteiger partial charge in [-0.05, 0) is 68.8 Å². The molecule has 1 aliphatic heterocycles. The van der Waals surface area contributed by atoms with Crippen molar-refractivity contribution in [1.82, 2.24) is 9.55 Å². The second-order valence-electron chi connectivity index (χ2n) is 17.5. The number of nitrogens with zero attached hydrogens (tertiary/aromatic N) is 4. The minimum Gasteiger partial charge on any atom is -0.509 e. The van der Waals surface area contributed by atoms with E-state index in [1.54, 1.807) is 16.8 Å². The third-order valence-electron chi connectivity index (χ3n) is 11.4. The van der Waals surface area contributed by atoms with Crippen LogP contribution in [0.5, 0.6) is 11.5 Å². The maximum Gasteiger partial charge on any atom is 0.135 e. The molecule has 0 saturated heterocycles. The standard InChI is InChI=1S/C56H47N4O.Pt/c1-55(2,3)40-20-14-19-39(33-40)46-25-16-24-45(38-17-8-7-9-18-38)54(46)59-37-58(50-27-12-13-28-51(50)59)42-21-15-22-43(35-42)61-44-29-30-48-47-23-10-11-26-49(47)60(52(48)36-44)53-34-41(31-32-57-53)56(4,5)6;/h7-34,37H,1-6H3;/q-3;/i10D,11D,23D,26D;. The van der Waals surface area contributed by atoms with Gasteiger partial charge >= 0.3 is 0 Å². The molecule has 310 valence electrons. The molecular formula is C56H47N4OPt-3. The molecule has 0 spiro atoms. The summed E-state index contributed by atoms with van der Waals surface area (Å²) in [6, 6.07) is 53.8. The van der Waals surface area contributed by atoms with Crippen molar-refractivity contribution >= 4 is 44.6 Å². The molecule has 0 unspecified atom stereocenters. The Balaban J connectivity index is 0.00000548. The molecule has 0 aliphatic carbocycles. The summed E-state index contributed by atoms with van der Waals surface area (Å²) in [7, 11) is 0. The van der Waals surface area contributed by atoms with Gasteiger partial charge in [-0.1, -0.05) is 150 Å². The Bertz CT molecular complexity index is 3320. The summed E-state index contributed by atoms with van der Waals surface area (Å²) in [5.41, 5.74) is 11.3. The molecule has 0 bridgehead atoms. The molecule has 0 amide bonds. The summed E-state index contributed by atoms with van der Waals surface area (Å²) in [6.07, 6.45) is 1.74. The first kappa shape index (κ1) is 36.3. The topological polar surface area (TPSA) is 33.5 Å². The number of aromatic nitrogens is 2. The molecule has 1 aliphatic rings. The van der Waals surface area contributed by atoms with E-state index < -0.39 is 0 Å². The fourth-order valence-corrected chi connectivity index (χ4v) is 8.19. The number of benzene rings is 7. The summed E-state index contributed by atoms with van der Waals surface area (Å²) in [5, 5.41) is 1.01. The van der Waals surface area contributed by atoms with E-state index in [0.717, 1.165) is 50.6 Å². The van der Waals surface area contributed by atoms with E-state index >= 15 is 0 Å². The van der Waals surface area contributed by atoms with Gasteiger partial charge in [0.05, 0.1) is 5.48 Å². The van der Waals surface area contributed by atoms with Gasteiger partial charge in [-0.25, -0.2) is 4.98 Å². The molecule has 7 aromatic carbocycles. The van der Waals surface area contributed by atoms with Crippen molar-refractivity contribution in [3.63, 3.8) is 0 Å². The van der Waals surface area contributed by atoms with Crippen LogP contribution < -0.4 is 14.5 Å². The number of fused-ring (bicyclic) bond motifs is 4. The first-order valence-electron chi connectivity index (χ1n) is 22.6. The molecule has 62 heavy (non-hydrogen) atoms. The Hall–Kier alpha value is -6.42. The summed E-state index contributed by atoms with van der Waals surface area (Å²) < 4.78 is 43.4. The van der Waals surface area contributed by atoms with Gasteiger partial charge in [0, 0.05) is 72.5 Å². The quantitative estimate of drug-likeness (QED) is 0.149. The average molecular weight is 991 g/mol. The second-order valence-corrected chi connectivity index (χ2v) is 17.5. The van der Waals surface area contributed by atoms with Crippen LogP contribution in [-0.2, 0) is 31.9 Å². The Kier molecular flexibility index (Phi) is 9.43. The van der Waals surface area contributed by atoms with Crippen LogP contribution in [0.15, 0.2) is 170 Å². The molecule has 3 heterocycles. The monoisotopic (exact) mass is 990 g/mol. The number of para-hydroxylation sites is 4. The van der Waals surface area contributed by atoms with Gasteiger partial charge in [0.25, 0.3) is 0 Å². The van der Waals surface area contributed by atoms with Crippen LogP contribution in [0.4, 0.5) is 22.7 Å². The zero-order valence-corrected chi connectivity index (χ0v) is 37.7. The zero-order chi connectivity index (χ0) is 45.4. The normalized spacial score (nSPS) is 13.6. The molecule has 0 fully saturated rings. The number of hydrogen-bond acceptors (Lipinski definition) is 4. The molecule has 0 radical (unpaired) electrons. The molecule has 2 aromatic heterocycles. The summed E-state index contributed by atoms with van der Waals surface area (Å²) >= 11 is 0. The summed E-state index contributed by atoms with van der Waals surface area (Å²) in [6.45, 7) is 15.2. The summed E-state index contributed by atoms with van der Waals surface area (Å²) in [5.74, 6) is 1.38. The molecule has 6 heteroatoms. The Morgan fingerprint density at radius 3 is 2.02 bits per heavy atom. The fraction of sp³-hybridized carbons (Fsp3) is 0.143. The molecule has 5 nitrogen and oxygen atoms in total. The predicted molar refractivity (Wildman–Crippen MR) is 252 cm³/mol. The molecule has 0 N–H and O–H groups in total. The van der Waals surface area contributed by atoms with Gasteiger partial charge in [-0.15, -0.1) is 48.1 Å². The van der Waals surface area contributed by atoms with Crippen molar-refractivity contribution in [2.24, 2.45) is 0 Å².